The molecule has 4 aromatic rings. The van der Waals surface area contributed by atoms with E-state index in [1.807, 2.05) is 6.07 Å². The number of carbonyl (C=O) groups is 2. The van der Waals surface area contributed by atoms with E-state index in [0.717, 1.165) is 42.7 Å². The number of nitrogens with one attached hydrogen (secondary N) is 1. The molecule has 2 atom stereocenters. The molecule has 2 aliphatic rings. The van der Waals surface area contributed by atoms with Crippen LogP contribution in [0.4, 0.5) is 24.5 Å². The SMILES string of the molecule is COc1ccc(C(=O)Nc2cnn3c2C(=O)N(c2ccc(C(F)(F)c4ccc(F)cc4)cc2)[C@H]2CN(S(C)(=O)=O)C[C@H]23)cc1C#N. The van der Waals surface area contributed by atoms with Crippen molar-refractivity contribution in [1.29, 1.82) is 5.26 Å². The summed E-state index contributed by atoms with van der Waals surface area (Å²) in [6.45, 7) is -0.105. The first-order valence-corrected chi connectivity index (χ1v) is 15.7. The molecule has 11 nitrogen and oxygen atoms in total. The second kappa shape index (κ2) is 11.3. The van der Waals surface area contributed by atoms with Crippen LogP contribution in [0.25, 0.3) is 0 Å². The second-order valence-electron chi connectivity index (χ2n) is 10.9. The van der Waals surface area contributed by atoms with Gasteiger partial charge in [0.05, 0.1) is 42.9 Å². The number of halogens is 3. The summed E-state index contributed by atoms with van der Waals surface area (Å²) in [6.07, 6.45) is 2.32. The molecule has 1 saturated heterocycles. The van der Waals surface area contributed by atoms with Crippen molar-refractivity contribution >= 4 is 33.2 Å². The summed E-state index contributed by atoms with van der Waals surface area (Å²) in [5, 5.41) is 16.4. The molecule has 0 radical (unpaired) electrons. The molecule has 0 bridgehead atoms. The van der Waals surface area contributed by atoms with E-state index in [1.165, 1.54) is 57.5 Å². The van der Waals surface area contributed by atoms with Crippen molar-refractivity contribution in [2.75, 3.05) is 36.7 Å². The normalized spacial score (nSPS) is 18.1. The Morgan fingerprint density at radius 3 is 2.28 bits per heavy atom. The van der Waals surface area contributed by atoms with Gasteiger partial charge in [-0.15, -0.1) is 0 Å². The van der Waals surface area contributed by atoms with Gasteiger partial charge >= 0.3 is 0 Å². The van der Waals surface area contributed by atoms with Gasteiger partial charge in [0.2, 0.25) is 10.0 Å². The van der Waals surface area contributed by atoms with Crippen LogP contribution in [0.5, 0.6) is 5.75 Å². The van der Waals surface area contributed by atoms with Crippen LogP contribution < -0.4 is 15.0 Å². The minimum Gasteiger partial charge on any atom is -0.495 e. The standard InChI is InChI=1S/C31H25F3N6O5S/c1-45-27-12-3-18(13-19(27)14-35)29(41)37-24-15-36-40-26-17-38(46(2,43)44)16-25(26)39(30(42)28(24)40)23-10-6-21(7-11-23)31(33,34)20-4-8-22(32)9-5-20/h3-13,15,25-26H,16-17H2,1-2H3,(H,37,41)/t25-,26+/m0/s1. The Morgan fingerprint density at radius 1 is 1.04 bits per heavy atom. The number of amides is 2. The van der Waals surface area contributed by atoms with E-state index in [4.69, 9.17) is 4.74 Å². The molecule has 15 heteroatoms. The number of ether oxygens (including phenoxy) is 1. The Morgan fingerprint density at radius 2 is 1.67 bits per heavy atom. The number of nitrogens with zero attached hydrogens (tertiary/aromatic N) is 5. The summed E-state index contributed by atoms with van der Waals surface area (Å²) in [7, 11) is -2.30. The van der Waals surface area contributed by atoms with E-state index in [0.29, 0.717) is 0 Å². The van der Waals surface area contributed by atoms with E-state index in [9.17, 15) is 27.7 Å². The summed E-state index contributed by atoms with van der Waals surface area (Å²) in [6, 6.07) is 13.6. The monoisotopic (exact) mass is 650 g/mol. The van der Waals surface area contributed by atoms with Crippen LogP contribution in [0.1, 0.15) is 43.6 Å². The first-order valence-electron chi connectivity index (χ1n) is 13.8. The minimum atomic E-state index is -3.68. The van der Waals surface area contributed by atoms with Crippen LogP contribution in [-0.2, 0) is 15.9 Å². The molecular formula is C31H25F3N6O5S. The number of sulfonamides is 1. The molecule has 2 aliphatic heterocycles. The topological polar surface area (TPSA) is 138 Å². The van der Waals surface area contributed by atoms with Gasteiger partial charge in [0.1, 0.15) is 17.6 Å². The number of methoxy groups -OCH3 is 1. The highest BCUT2D eigenvalue weighted by molar-refractivity contribution is 7.88. The lowest BCUT2D eigenvalue weighted by molar-refractivity contribution is 0.0428. The first-order chi connectivity index (χ1) is 21.8. The highest BCUT2D eigenvalue weighted by Gasteiger charge is 2.50. The average molecular weight is 651 g/mol. The quantitative estimate of drug-likeness (QED) is 0.318. The lowest BCUT2D eigenvalue weighted by atomic mass is 9.99. The molecule has 0 aliphatic carbocycles. The van der Waals surface area contributed by atoms with Crippen molar-refractivity contribution in [1.82, 2.24) is 14.1 Å². The first kappa shape index (κ1) is 30.8. The van der Waals surface area contributed by atoms with Crippen LogP contribution in [-0.4, -0.2) is 66.8 Å². The smallest absolute Gasteiger partial charge is 0.298 e. The van der Waals surface area contributed by atoms with Crippen molar-refractivity contribution < 1.29 is 35.9 Å². The number of carbonyl (C=O) groups excluding carboxylic acids is 2. The summed E-state index contributed by atoms with van der Waals surface area (Å²) in [5.41, 5.74) is -0.382. The van der Waals surface area contributed by atoms with Crippen molar-refractivity contribution in [3.05, 3.63) is 107 Å². The number of nitriles is 1. The summed E-state index contributed by atoms with van der Waals surface area (Å²) in [5.74, 6) is -5.14. The van der Waals surface area contributed by atoms with E-state index in [-0.39, 0.29) is 47.0 Å². The Labute approximate surface area is 261 Å². The number of hydrogen-bond donors (Lipinski definition) is 1. The van der Waals surface area contributed by atoms with Gasteiger partial charge in [0.25, 0.3) is 17.7 Å². The summed E-state index contributed by atoms with van der Waals surface area (Å²) >= 11 is 0. The molecule has 0 spiro atoms. The fourth-order valence-electron chi connectivity index (χ4n) is 5.78. The van der Waals surface area contributed by atoms with Gasteiger partial charge in [0.15, 0.2) is 5.69 Å². The maximum absolute atomic E-state index is 15.3. The molecule has 0 unspecified atom stereocenters. The van der Waals surface area contributed by atoms with Crippen molar-refractivity contribution in [2.24, 2.45) is 0 Å². The van der Waals surface area contributed by atoms with Crippen molar-refractivity contribution in [3.63, 3.8) is 0 Å². The maximum atomic E-state index is 15.3. The summed E-state index contributed by atoms with van der Waals surface area (Å²) < 4.78 is 76.6. The van der Waals surface area contributed by atoms with Gasteiger partial charge in [-0.3, -0.25) is 14.3 Å². The second-order valence-corrected chi connectivity index (χ2v) is 12.8. The molecule has 1 aromatic heterocycles. The molecule has 1 N–H and O–H groups in total. The van der Waals surface area contributed by atoms with Crippen LogP contribution in [0.3, 0.4) is 0 Å². The molecule has 236 valence electrons. The third-order valence-electron chi connectivity index (χ3n) is 8.10. The number of rotatable bonds is 7. The molecule has 1 fully saturated rings. The number of alkyl halides is 2. The fourth-order valence-corrected chi connectivity index (χ4v) is 6.63. The third-order valence-corrected chi connectivity index (χ3v) is 9.34. The van der Waals surface area contributed by atoms with Crippen LogP contribution in [0, 0.1) is 17.1 Å². The lowest BCUT2D eigenvalue weighted by Gasteiger charge is -2.37. The van der Waals surface area contributed by atoms with E-state index < -0.39 is 56.8 Å². The molecule has 0 saturated carbocycles. The van der Waals surface area contributed by atoms with Crippen molar-refractivity contribution in [3.8, 4) is 11.8 Å². The van der Waals surface area contributed by atoms with Gasteiger partial charge in [0, 0.05) is 35.5 Å². The van der Waals surface area contributed by atoms with E-state index in [1.54, 1.807) is 0 Å². The van der Waals surface area contributed by atoms with Gasteiger partial charge < -0.3 is 15.0 Å². The van der Waals surface area contributed by atoms with Crippen LogP contribution >= 0.6 is 0 Å². The Bertz CT molecular complexity index is 2010. The number of hydrogen-bond acceptors (Lipinski definition) is 7. The largest absolute Gasteiger partial charge is 0.495 e. The molecule has 3 heterocycles. The average Bonchev–Trinajstić information content (AvgIpc) is 3.66. The Hall–Kier alpha value is -5.20. The summed E-state index contributed by atoms with van der Waals surface area (Å²) in [4.78, 5) is 28.7. The Balaban J connectivity index is 1.36. The predicted molar refractivity (Wildman–Crippen MR) is 160 cm³/mol. The molecule has 6 rings (SSSR count). The molecule has 2 amide bonds. The maximum Gasteiger partial charge on any atom is 0.298 e. The molecule has 3 aromatic carbocycles. The predicted octanol–water partition coefficient (Wildman–Crippen LogP) is 4.14. The van der Waals surface area contributed by atoms with Gasteiger partial charge in [-0.1, -0.05) is 12.1 Å². The lowest BCUT2D eigenvalue weighted by Crippen LogP contribution is -2.51. The number of aromatic nitrogens is 2. The van der Waals surface area contributed by atoms with Gasteiger partial charge in [-0.2, -0.15) is 23.4 Å². The number of benzene rings is 3. The molecule has 46 heavy (non-hydrogen) atoms. The highest BCUT2D eigenvalue weighted by atomic mass is 32.2. The zero-order chi connectivity index (χ0) is 33.0. The zero-order valence-corrected chi connectivity index (χ0v) is 25.1. The fraction of sp³-hybridized carbons (Fsp3) is 0.226. The molecular weight excluding hydrogens is 625 g/mol. The highest BCUT2D eigenvalue weighted by Crippen LogP contribution is 2.41. The minimum absolute atomic E-state index is 0.0277. The van der Waals surface area contributed by atoms with Crippen LogP contribution in [0.2, 0.25) is 0 Å². The number of anilines is 2. The van der Waals surface area contributed by atoms with Crippen molar-refractivity contribution in [2.45, 2.75) is 18.0 Å². The third kappa shape index (κ3) is 5.25. The van der Waals surface area contributed by atoms with Crippen LogP contribution in [0.15, 0.2) is 72.9 Å². The number of fused-ring (bicyclic) bond motifs is 3. The van der Waals surface area contributed by atoms with Gasteiger partial charge in [-0.25, -0.2) is 12.8 Å². The Kier molecular flexibility index (Phi) is 7.57. The van der Waals surface area contributed by atoms with E-state index >= 15 is 8.78 Å². The zero-order valence-electron chi connectivity index (χ0n) is 24.3. The van der Waals surface area contributed by atoms with E-state index in [2.05, 4.69) is 10.4 Å². The van der Waals surface area contributed by atoms with Gasteiger partial charge in [-0.05, 0) is 54.6 Å².